The van der Waals surface area contributed by atoms with E-state index in [2.05, 4.69) is 6.08 Å². The molecule has 4 nitrogen and oxygen atoms in total. The van der Waals surface area contributed by atoms with Gasteiger partial charge in [0.25, 0.3) is 10.1 Å². The van der Waals surface area contributed by atoms with E-state index >= 15 is 0 Å². The highest BCUT2D eigenvalue weighted by molar-refractivity contribution is 7.85. The quantitative estimate of drug-likeness (QED) is 0.814. The molecule has 1 aromatic rings. The Hall–Kier alpha value is -1.59. The van der Waals surface area contributed by atoms with Crippen LogP contribution in [0, 0.1) is 0 Å². The van der Waals surface area contributed by atoms with Gasteiger partial charge in [0.1, 0.15) is 0 Å². The molecule has 2 rings (SSSR count). The molecular formula is C12H13NO3S. The fourth-order valence-electron chi connectivity index (χ4n) is 1.61. The lowest BCUT2D eigenvalue weighted by Crippen LogP contribution is -2.13. The summed E-state index contributed by atoms with van der Waals surface area (Å²) in [4.78, 5) is 1.95. The van der Waals surface area contributed by atoms with Gasteiger partial charge in [-0.05, 0) is 35.5 Å². The molecule has 0 radical (unpaired) electrons. The monoisotopic (exact) mass is 251 g/mol. The van der Waals surface area contributed by atoms with E-state index in [9.17, 15) is 8.42 Å². The van der Waals surface area contributed by atoms with Crippen LogP contribution in [0.1, 0.15) is 5.56 Å². The van der Waals surface area contributed by atoms with Gasteiger partial charge in [0, 0.05) is 13.6 Å². The van der Waals surface area contributed by atoms with E-state index in [0.29, 0.717) is 0 Å². The van der Waals surface area contributed by atoms with E-state index < -0.39 is 10.1 Å². The minimum absolute atomic E-state index is 0.0845. The molecule has 0 fully saturated rings. The van der Waals surface area contributed by atoms with Crippen LogP contribution in [0.25, 0.3) is 5.57 Å². The van der Waals surface area contributed by atoms with Crippen LogP contribution >= 0.6 is 0 Å². The molecule has 0 saturated heterocycles. The van der Waals surface area contributed by atoms with Crippen molar-refractivity contribution in [3.05, 3.63) is 48.2 Å². The normalized spacial score (nSPS) is 15.9. The third kappa shape index (κ3) is 2.75. The average Bonchev–Trinajstić information content (AvgIpc) is 2.29. The van der Waals surface area contributed by atoms with Gasteiger partial charge in [0.2, 0.25) is 0 Å². The van der Waals surface area contributed by atoms with Crippen molar-refractivity contribution in [1.29, 1.82) is 0 Å². The number of rotatable bonds is 2. The lowest BCUT2D eigenvalue weighted by molar-refractivity contribution is 0.483. The van der Waals surface area contributed by atoms with Crippen LogP contribution in [-0.4, -0.2) is 31.5 Å². The lowest BCUT2D eigenvalue weighted by atomic mass is 10.0. The largest absolute Gasteiger partial charge is 0.377 e. The third-order valence-corrected chi connectivity index (χ3v) is 3.46. The number of hydrogen-bond donors (Lipinski definition) is 1. The maximum atomic E-state index is 10.9. The molecule has 1 aliphatic heterocycles. The lowest BCUT2D eigenvalue weighted by Gasteiger charge is -2.17. The fourth-order valence-corrected chi connectivity index (χ4v) is 2.09. The molecule has 5 heteroatoms. The molecule has 1 heterocycles. The van der Waals surface area contributed by atoms with Gasteiger partial charge in [0.15, 0.2) is 0 Å². The summed E-state index contributed by atoms with van der Waals surface area (Å²) in [6.45, 7) is 0.825. The number of nitrogens with zero attached hydrogens (tertiary/aromatic N) is 1. The van der Waals surface area contributed by atoms with Gasteiger partial charge >= 0.3 is 0 Å². The molecule has 1 N–H and O–H groups in total. The van der Waals surface area contributed by atoms with E-state index in [1.54, 1.807) is 12.1 Å². The molecule has 0 aromatic heterocycles. The summed E-state index contributed by atoms with van der Waals surface area (Å²) >= 11 is 0. The van der Waals surface area contributed by atoms with Crippen molar-refractivity contribution in [2.24, 2.45) is 0 Å². The number of likely N-dealkylation sites (N-methyl/N-ethyl adjacent to an activating group) is 1. The average molecular weight is 251 g/mol. The van der Waals surface area contributed by atoms with Gasteiger partial charge < -0.3 is 4.90 Å². The Balaban J connectivity index is 2.28. The summed E-state index contributed by atoms with van der Waals surface area (Å²) in [5, 5.41) is 0. The molecule has 0 aliphatic carbocycles. The van der Waals surface area contributed by atoms with E-state index in [1.165, 1.54) is 12.1 Å². The zero-order chi connectivity index (χ0) is 12.5. The second-order valence-corrected chi connectivity index (χ2v) is 5.34. The molecule has 0 spiro atoms. The predicted octanol–water partition coefficient (Wildman–Crippen LogP) is 1.78. The van der Waals surface area contributed by atoms with Crippen molar-refractivity contribution in [3.63, 3.8) is 0 Å². The first-order chi connectivity index (χ1) is 7.97. The van der Waals surface area contributed by atoms with E-state index in [1.807, 2.05) is 24.2 Å². The summed E-state index contributed by atoms with van der Waals surface area (Å²) in [6.07, 6.45) is 5.99. The standard InChI is InChI=1S/C12H13NO3S/c1-13-8-6-11(7-9-13)10-2-4-12(5-3-10)17(14,15)16/h2-8H,9H2,1H3,(H,14,15,16). The predicted molar refractivity (Wildman–Crippen MR) is 66.0 cm³/mol. The number of benzene rings is 1. The molecular weight excluding hydrogens is 238 g/mol. The van der Waals surface area contributed by atoms with Gasteiger partial charge in [-0.1, -0.05) is 18.2 Å². The zero-order valence-corrected chi connectivity index (χ0v) is 10.2. The Kier molecular flexibility index (Phi) is 3.04. The topological polar surface area (TPSA) is 57.6 Å². The SMILES string of the molecule is CN1C=CC(c2ccc(S(=O)(=O)O)cc2)=CC1. The van der Waals surface area contributed by atoms with Crippen molar-refractivity contribution in [2.75, 3.05) is 13.6 Å². The van der Waals surface area contributed by atoms with E-state index in [-0.39, 0.29) is 4.90 Å². The van der Waals surface area contributed by atoms with Crippen LogP contribution in [-0.2, 0) is 10.1 Å². The molecule has 0 unspecified atom stereocenters. The van der Waals surface area contributed by atoms with Gasteiger partial charge in [-0.25, -0.2) is 0 Å². The van der Waals surface area contributed by atoms with Crippen molar-refractivity contribution in [1.82, 2.24) is 4.90 Å². The van der Waals surface area contributed by atoms with Crippen LogP contribution in [0.3, 0.4) is 0 Å². The Morgan fingerprint density at radius 2 is 1.88 bits per heavy atom. The second-order valence-electron chi connectivity index (χ2n) is 3.91. The van der Waals surface area contributed by atoms with Crippen LogP contribution in [0.15, 0.2) is 47.5 Å². The fraction of sp³-hybridized carbons (Fsp3) is 0.167. The Bertz CT molecular complexity index is 570. The summed E-state index contributed by atoms with van der Waals surface area (Å²) in [7, 11) is -2.13. The first-order valence-corrected chi connectivity index (χ1v) is 6.57. The molecule has 1 aromatic carbocycles. The molecule has 90 valence electrons. The smallest absolute Gasteiger partial charge is 0.294 e. The van der Waals surface area contributed by atoms with Crippen LogP contribution in [0.2, 0.25) is 0 Å². The Labute approximate surface area is 101 Å². The maximum absolute atomic E-state index is 10.9. The minimum atomic E-state index is -4.10. The highest BCUT2D eigenvalue weighted by atomic mass is 32.2. The summed E-state index contributed by atoms with van der Waals surface area (Å²) < 4.78 is 30.6. The van der Waals surface area contributed by atoms with Crippen LogP contribution < -0.4 is 0 Å². The van der Waals surface area contributed by atoms with Crippen molar-refractivity contribution < 1.29 is 13.0 Å². The molecule has 0 atom stereocenters. The van der Waals surface area contributed by atoms with E-state index in [0.717, 1.165) is 17.7 Å². The van der Waals surface area contributed by atoms with Gasteiger partial charge in [0.05, 0.1) is 4.90 Å². The molecule has 17 heavy (non-hydrogen) atoms. The minimum Gasteiger partial charge on any atom is -0.377 e. The first-order valence-electron chi connectivity index (χ1n) is 5.13. The number of allylic oxidation sites excluding steroid dienone is 2. The number of hydrogen-bond acceptors (Lipinski definition) is 3. The summed E-state index contributed by atoms with van der Waals surface area (Å²) in [6, 6.07) is 6.17. The molecule has 1 aliphatic rings. The maximum Gasteiger partial charge on any atom is 0.294 e. The first kappa shape index (κ1) is 11.9. The molecule has 0 bridgehead atoms. The van der Waals surface area contributed by atoms with Crippen LogP contribution in [0.4, 0.5) is 0 Å². The highest BCUT2D eigenvalue weighted by Crippen LogP contribution is 2.20. The van der Waals surface area contributed by atoms with Crippen molar-refractivity contribution in [2.45, 2.75) is 4.90 Å². The van der Waals surface area contributed by atoms with Crippen LogP contribution in [0.5, 0.6) is 0 Å². The third-order valence-electron chi connectivity index (χ3n) is 2.59. The zero-order valence-electron chi connectivity index (χ0n) is 9.37. The molecule has 0 amide bonds. The van der Waals surface area contributed by atoms with Gasteiger partial charge in [-0.15, -0.1) is 0 Å². The van der Waals surface area contributed by atoms with Gasteiger partial charge in [-0.2, -0.15) is 8.42 Å². The van der Waals surface area contributed by atoms with E-state index in [4.69, 9.17) is 4.55 Å². The Morgan fingerprint density at radius 1 is 1.24 bits per heavy atom. The van der Waals surface area contributed by atoms with Crippen molar-refractivity contribution in [3.8, 4) is 0 Å². The Morgan fingerprint density at radius 3 is 2.35 bits per heavy atom. The summed E-state index contributed by atoms with van der Waals surface area (Å²) in [5.41, 5.74) is 1.98. The highest BCUT2D eigenvalue weighted by Gasteiger charge is 2.09. The van der Waals surface area contributed by atoms with Crippen molar-refractivity contribution >= 4 is 15.7 Å². The summed E-state index contributed by atoms with van der Waals surface area (Å²) in [5.74, 6) is 0. The van der Waals surface area contributed by atoms with Gasteiger partial charge in [-0.3, -0.25) is 4.55 Å². The second kappa shape index (κ2) is 4.35. The molecule has 0 saturated carbocycles.